The highest BCUT2D eigenvalue weighted by Gasteiger charge is 2.10. The predicted octanol–water partition coefficient (Wildman–Crippen LogP) is 2.74. The molecule has 3 rings (SSSR count). The fourth-order valence-corrected chi connectivity index (χ4v) is 2.53. The summed E-state index contributed by atoms with van der Waals surface area (Å²) >= 11 is 5.94. The second kappa shape index (κ2) is 7.40. The first kappa shape index (κ1) is 17.0. The van der Waals surface area contributed by atoms with Crippen LogP contribution in [0.1, 0.15) is 11.3 Å². The molecule has 0 aliphatic rings. The van der Waals surface area contributed by atoms with E-state index in [1.807, 2.05) is 31.2 Å². The quantitative estimate of drug-likeness (QED) is 0.734. The van der Waals surface area contributed by atoms with E-state index in [9.17, 15) is 4.79 Å². The number of ether oxygens (including phenoxy) is 1. The summed E-state index contributed by atoms with van der Waals surface area (Å²) in [4.78, 5) is 12.1. The average molecular weight is 360 g/mol. The zero-order chi connectivity index (χ0) is 17.8. The SMILES string of the molecule is COc1cccc(Cn2cc(NC(=O)Cn3ncc(Cl)c3C)cn2)c1. The number of carbonyl (C=O) groups is 1. The minimum absolute atomic E-state index is 0.0968. The maximum atomic E-state index is 12.1. The zero-order valence-electron chi connectivity index (χ0n) is 13.9. The molecule has 0 radical (unpaired) electrons. The molecule has 2 heterocycles. The third-order valence-electron chi connectivity index (χ3n) is 3.73. The zero-order valence-corrected chi connectivity index (χ0v) is 14.7. The minimum atomic E-state index is -0.191. The highest BCUT2D eigenvalue weighted by Crippen LogP contribution is 2.15. The van der Waals surface area contributed by atoms with Gasteiger partial charge in [-0.05, 0) is 24.6 Å². The number of aromatic nitrogens is 4. The van der Waals surface area contributed by atoms with Crippen LogP contribution in [0.3, 0.4) is 0 Å². The molecule has 7 nitrogen and oxygen atoms in total. The summed E-state index contributed by atoms with van der Waals surface area (Å²) in [6.45, 7) is 2.50. The molecule has 0 spiro atoms. The molecular weight excluding hydrogens is 342 g/mol. The van der Waals surface area contributed by atoms with Crippen molar-refractivity contribution in [1.82, 2.24) is 19.6 Å². The Balaban J connectivity index is 1.61. The van der Waals surface area contributed by atoms with Gasteiger partial charge in [0.05, 0.1) is 42.5 Å². The van der Waals surface area contributed by atoms with Crippen LogP contribution in [0.15, 0.2) is 42.9 Å². The summed E-state index contributed by atoms with van der Waals surface area (Å²) in [7, 11) is 1.63. The van der Waals surface area contributed by atoms with E-state index in [0.717, 1.165) is 17.0 Å². The van der Waals surface area contributed by atoms with Crippen LogP contribution in [0.2, 0.25) is 5.02 Å². The Labute approximate surface area is 150 Å². The van der Waals surface area contributed by atoms with Crippen LogP contribution < -0.4 is 10.1 Å². The number of nitrogens with zero attached hydrogens (tertiary/aromatic N) is 4. The van der Waals surface area contributed by atoms with Gasteiger partial charge in [-0.15, -0.1) is 0 Å². The molecule has 2 aromatic heterocycles. The number of benzene rings is 1. The lowest BCUT2D eigenvalue weighted by atomic mass is 10.2. The highest BCUT2D eigenvalue weighted by molar-refractivity contribution is 6.31. The lowest BCUT2D eigenvalue weighted by molar-refractivity contribution is -0.116. The van der Waals surface area contributed by atoms with E-state index in [4.69, 9.17) is 16.3 Å². The Morgan fingerprint density at radius 2 is 2.16 bits per heavy atom. The Morgan fingerprint density at radius 1 is 1.32 bits per heavy atom. The number of methoxy groups -OCH3 is 1. The normalized spacial score (nSPS) is 10.7. The highest BCUT2D eigenvalue weighted by atomic mass is 35.5. The minimum Gasteiger partial charge on any atom is -0.497 e. The van der Waals surface area contributed by atoms with Crippen LogP contribution in [-0.2, 0) is 17.9 Å². The van der Waals surface area contributed by atoms with Crippen LogP contribution in [0, 0.1) is 6.92 Å². The van der Waals surface area contributed by atoms with Gasteiger partial charge in [-0.3, -0.25) is 14.2 Å². The Bertz CT molecular complexity index is 887. The van der Waals surface area contributed by atoms with Crippen molar-refractivity contribution in [1.29, 1.82) is 0 Å². The number of nitrogens with one attached hydrogen (secondary N) is 1. The molecule has 0 bridgehead atoms. The summed E-state index contributed by atoms with van der Waals surface area (Å²) in [6, 6.07) is 7.76. The molecule has 1 N–H and O–H groups in total. The van der Waals surface area contributed by atoms with Crippen LogP contribution in [0.4, 0.5) is 5.69 Å². The second-order valence-corrected chi connectivity index (χ2v) is 5.97. The van der Waals surface area contributed by atoms with Gasteiger partial charge in [0.2, 0.25) is 5.91 Å². The van der Waals surface area contributed by atoms with E-state index in [-0.39, 0.29) is 12.5 Å². The van der Waals surface area contributed by atoms with Crippen molar-refractivity contribution in [3.63, 3.8) is 0 Å². The Hall–Kier alpha value is -2.80. The van der Waals surface area contributed by atoms with E-state index >= 15 is 0 Å². The van der Waals surface area contributed by atoms with Crippen molar-refractivity contribution < 1.29 is 9.53 Å². The van der Waals surface area contributed by atoms with Gasteiger partial charge in [0.25, 0.3) is 0 Å². The van der Waals surface area contributed by atoms with E-state index in [2.05, 4.69) is 15.5 Å². The standard InChI is InChI=1S/C17H18ClN5O2/c1-12-16(18)8-20-23(12)11-17(24)21-14-7-19-22(10-14)9-13-4-3-5-15(6-13)25-2/h3-8,10H,9,11H2,1-2H3,(H,21,24). The summed E-state index contributed by atoms with van der Waals surface area (Å²) in [5, 5.41) is 11.7. The van der Waals surface area contributed by atoms with Gasteiger partial charge in [0.1, 0.15) is 12.3 Å². The molecule has 1 amide bonds. The molecule has 0 saturated carbocycles. The number of carbonyl (C=O) groups excluding carboxylic acids is 1. The molecule has 0 aliphatic heterocycles. The molecule has 130 valence electrons. The van der Waals surface area contributed by atoms with Crippen molar-refractivity contribution >= 4 is 23.2 Å². The van der Waals surface area contributed by atoms with E-state index in [1.54, 1.807) is 28.9 Å². The van der Waals surface area contributed by atoms with Crippen LogP contribution in [0.5, 0.6) is 5.75 Å². The maximum Gasteiger partial charge on any atom is 0.246 e. The Morgan fingerprint density at radius 3 is 2.88 bits per heavy atom. The molecule has 25 heavy (non-hydrogen) atoms. The van der Waals surface area contributed by atoms with Crippen molar-refractivity contribution in [2.24, 2.45) is 0 Å². The summed E-state index contributed by atoms with van der Waals surface area (Å²) in [6.07, 6.45) is 4.91. The number of rotatable bonds is 6. The lowest BCUT2D eigenvalue weighted by Gasteiger charge is -2.05. The summed E-state index contributed by atoms with van der Waals surface area (Å²) in [5.41, 5.74) is 2.44. The number of halogens is 1. The number of anilines is 1. The molecule has 8 heteroatoms. The first-order chi connectivity index (χ1) is 12.0. The molecule has 0 aliphatic carbocycles. The molecule has 0 fully saturated rings. The number of hydrogen-bond donors (Lipinski definition) is 1. The van der Waals surface area contributed by atoms with Crippen LogP contribution in [0.25, 0.3) is 0 Å². The van der Waals surface area contributed by atoms with Gasteiger partial charge in [0.15, 0.2) is 0 Å². The first-order valence-corrected chi connectivity index (χ1v) is 8.06. The molecule has 1 aromatic carbocycles. The van der Waals surface area contributed by atoms with Gasteiger partial charge in [-0.2, -0.15) is 10.2 Å². The van der Waals surface area contributed by atoms with Gasteiger partial charge in [-0.1, -0.05) is 23.7 Å². The molecule has 0 saturated heterocycles. The van der Waals surface area contributed by atoms with Gasteiger partial charge >= 0.3 is 0 Å². The fourth-order valence-electron chi connectivity index (χ4n) is 2.39. The van der Waals surface area contributed by atoms with Crippen molar-refractivity contribution in [2.75, 3.05) is 12.4 Å². The first-order valence-electron chi connectivity index (χ1n) is 7.68. The molecular formula is C17H18ClN5O2. The monoisotopic (exact) mass is 359 g/mol. The Kier molecular flexibility index (Phi) is 5.04. The van der Waals surface area contributed by atoms with Gasteiger partial charge in [0, 0.05) is 6.20 Å². The second-order valence-electron chi connectivity index (χ2n) is 5.56. The molecule has 0 atom stereocenters. The van der Waals surface area contributed by atoms with Gasteiger partial charge in [-0.25, -0.2) is 0 Å². The lowest BCUT2D eigenvalue weighted by Crippen LogP contribution is -2.20. The van der Waals surface area contributed by atoms with E-state index in [0.29, 0.717) is 17.3 Å². The van der Waals surface area contributed by atoms with E-state index in [1.165, 1.54) is 6.20 Å². The average Bonchev–Trinajstić information content (AvgIpc) is 3.16. The molecule has 0 unspecified atom stereocenters. The summed E-state index contributed by atoms with van der Waals surface area (Å²) in [5.74, 6) is 0.607. The van der Waals surface area contributed by atoms with Gasteiger partial charge < -0.3 is 10.1 Å². The third-order valence-corrected chi connectivity index (χ3v) is 4.10. The predicted molar refractivity (Wildman–Crippen MR) is 94.9 cm³/mol. The number of hydrogen-bond acceptors (Lipinski definition) is 4. The topological polar surface area (TPSA) is 74.0 Å². The fraction of sp³-hybridized carbons (Fsp3) is 0.235. The third kappa shape index (κ3) is 4.19. The van der Waals surface area contributed by atoms with Crippen molar-refractivity contribution in [2.45, 2.75) is 20.0 Å². The largest absolute Gasteiger partial charge is 0.497 e. The van der Waals surface area contributed by atoms with Crippen LogP contribution >= 0.6 is 11.6 Å². The van der Waals surface area contributed by atoms with E-state index < -0.39 is 0 Å². The molecule has 3 aromatic rings. The smallest absolute Gasteiger partial charge is 0.246 e. The summed E-state index contributed by atoms with van der Waals surface area (Å²) < 4.78 is 8.52. The van der Waals surface area contributed by atoms with Crippen LogP contribution in [-0.4, -0.2) is 32.6 Å². The number of amides is 1. The van der Waals surface area contributed by atoms with Crippen molar-refractivity contribution in [3.05, 3.63) is 59.1 Å². The van der Waals surface area contributed by atoms with Crippen molar-refractivity contribution in [3.8, 4) is 5.75 Å². The maximum absolute atomic E-state index is 12.1.